The van der Waals surface area contributed by atoms with Crippen molar-refractivity contribution < 1.29 is 9.59 Å². The van der Waals surface area contributed by atoms with Crippen molar-refractivity contribution >= 4 is 33.5 Å². The second-order valence-electron chi connectivity index (χ2n) is 5.10. The van der Waals surface area contributed by atoms with Gasteiger partial charge in [0.25, 0.3) is 11.7 Å². The average molecular weight is 389 g/mol. The number of carbonyl (C=O) groups excluding carboxylic acids is 2. The first kappa shape index (κ1) is 16.1. The standard InChI is InChI=1S/C15H13BrN6O2/c1-8-7-9(2)22-15(17-8)18-12(21-22)14(24)20-19-13(23)10-3-5-11(16)6-4-10/h3-7H,1-2H3,(H,19,23)(H,20,24). The summed E-state index contributed by atoms with van der Waals surface area (Å²) in [6.07, 6.45) is 0. The number of nitrogens with one attached hydrogen (secondary N) is 2. The van der Waals surface area contributed by atoms with Crippen molar-refractivity contribution in [3.8, 4) is 0 Å². The first-order chi connectivity index (χ1) is 11.4. The van der Waals surface area contributed by atoms with Crippen LogP contribution in [0.5, 0.6) is 0 Å². The topological polar surface area (TPSA) is 101 Å². The zero-order chi connectivity index (χ0) is 17.3. The number of hydrazine groups is 1. The minimum Gasteiger partial charge on any atom is -0.267 e. The van der Waals surface area contributed by atoms with E-state index in [2.05, 4.69) is 41.8 Å². The largest absolute Gasteiger partial charge is 0.309 e. The van der Waals surface area contributed by atoms with Crippen LogP contribution in [0.3, 0.4) is 0 Å². The van der Waals surface area contributed by atoms with E-state index in [1.54, 1.807) is 24.3 Å². The van der Waals surface area contributed by atoms with Crippen molar-refractivity contribution in [3.63, 3.8) is 0 Å². The fraction of sp³-hybridized carbons (Fsp3) is 0.133. The van der Waals surface area contributed by atoms with Crippen molar-refractivity contribution in [1.29, 1.82) is 0 Å². The van der Waals surface area contributed by atoms with Crippen molar-refractivity contribution in [2.75, 3.05) is 0 Å². The van der Waals surface area contributed by atoms with Gasteiger partial charge in [0.05, 0.1) is 0 Å². The third kappa shape index (κ3) is 3.25. The van der Waals surface area contributed by atoms with Gasteiger partial charge in [0.15, 0.2) is 0 Å². The summed E-state index contributed by atoms with van der Waals surface area (Å²) in [6, 6.07) is 8.56. The second kappa shape index (κ2) is 6.36. The molecule has 0 atom stereocenters. The fourth-order valence-electron chi connectivity index (χ4n) is 2.11. The molecule has 1 aromatic carbocycles. The van der Waals surface area contributed by atoms with Crippen LogP contribution in [-0.2, 0) is 0 Å². The molecule has 0 bridgehead atoms. The summed E-state index contributed by atoms with van der Waals surface area (Å²) >= 11 is 3.29. The van der Waals surface area contributed by atoms with E-state index >= 15 is 0 Å². The molecule has 0 radical (unpaired) electrons. The van der Waals surface area contributed by atoms with E-state index < -0.39 is 11.8 Å². The van der Waals surface area contributed by atoms with E-state index in [1.165, 1.54) is 4.52 Å². The zero-order valence-corrected chi connectivity index (χ0v) is 14.5. The van der Waals surface area contributed by atoms with E-state index in [0.717, 1.165) is 15.9 Å². The van der Waals surface area contributed by atoms with Gasteiger partial charge in [0, 0.05) is 21.4 Å². The molecule has 2 aromatic heterocycles. The molecule has 24 heavy (non-hydrogen) atoms. The first-order valence-electron chi connectivity index (χ1n) is 7.01. The Labute approximate surface area is 145 Å². The number of aromatic nitrogens is 4. The molecule has 2 amide bonds. The molecule has 0 aliphatic carbocycles. The van der Waals surface area contributed by atoms with Gasteiger partial charge in [-0.05, 0) is 44.2 Å². The quantitative estimate of drug-likeness (QED) is 0.648. The maximum Gasteiger partial charge on any atom is 0.309 e. The van der Waals surface area contributed by atoms with E-state index in [-0.39, 0.29) is 5.82 Å². The Morgan fingerprint density at radius 3 is 2.42 bits per heavy atom. The normalized spacial score (nSPS) is 10.6. The van der Waals surface area contributed by atoms with Gasteiger partial charge < -0.3 is 0 Å². The highest BCUT2D eigenvalue weighted by molar-refractivity contribution is 9.10. The number of rotatable bonds is 2. The van der Waals surface area contributed by atoms with Gasteiger partial charge in [-0.1, -0.05) is 15.9 Å². The molecule has 2 N–H and O–H groups in total. The van der Waals surface area contributed by atoms with E-state index in [1.807, 2.05) is 19.9 Å². The summed E-state index contributed by atoms with van der Waals surface area (Å²) < 4.78 is 2.33. The lowest BCUT2D eigenvalue weighted by molar-refractivity contribution is 0.0841. The molecule has 122 valence electrons. The van der Waals surface area contributed by atoms with Crippen LogP contribution in [0.4, 0.5) is 0 Å². The number of fused-ring (bicyclic) bond motifs is 1. The lowest BCUT2D eigenvalue weighted by atomic mass is 10.2. The maximum atomic E-state index is 12.1. The number of amides is 2. The Bertz CT molecular complexity index is 935. The van der Waals surface area contributed by atoms with Crippen LogP contribution in [-0.4, -0.2) is 31.4 Å². The smallest absolute Gasteiger partial charge is 0.267 e. The third-order valence-electron chi connectivity index (χ3n) is 3.22. The van der Waals surface area contributed by atoms with Gasteiger partial charge in [0.1, 0.15) is 0 Å². The minimum atomic E-state index is -0.622. The summed E-state index contributed by atoms with van der Waals surface area (Å²) in [5.41, 5.74) is 6.61. The Morgan fingerprint density at radius 1 is 1.04 bits per heavy atom. The molecular weight excluding hydrogens is 376 g/mol. The number of nitrogens with zero attached hydrogens (tertiary/aromatic N) is 4. The molecule has 0 spiro atoms. The lowest BCUT2D eigenvalue weighted by Crippen LogP contribution is -2.42. The number of hydrogen-bond donors (Lipinski definition) is 2. The highest BCUT2D eigenvalue weighted by Gasteiger charge is 2.16. The Kier molecular flexibility index (Phi) is 4.26. The maximum absolute atomic E-state index is 12.1. The van der Waals surface area contributed by atoms with Crippen LogP contribution >= 0.6 is 15.9 Å². The molecule has 8 nitrogen and oxygen atoms in total. The Hall–Kier alpha value is -2.81. The Morgan fingerprint density at radius 2 is 1.71 bits per heavy atom. The van der Waals surface area contributed by atoms with Crippen molar-refractivity contribution in [3.05, 3.63) is 57.6 Å². The summed E-state index contributed by atoms with van der Waals surface area (Å²) in [7, 11) is 0. The lowest BCUT2D eigenvalue weighted by Gasteiger charge is -2.05. The summed E-state index contributed by atoms with van der Waals surface area (Å²) in [5.74, 6) is -0.808. The third-order valence-corrected chi connectivity index (χ3v) is 3.75. The highest BCUT2D eigenvalue weighted by atomic mass is 79.9. The van der Waals surface area contributed by atoms with Crippen molar-refractivity contribution in [1.82, 2.24) is 30.4 Å². The van der Waals surface area contributed by atoms with Crippen LogP contribution in [0.1, 0.15) is 32.4 Å². The van der Waals surface area contributed by atoms with Crippen LogP contribution in [0.25, 0.3) is 5.78 Å². The molecular formula is C15H13BrN6O2. The predicted molar refractivity (Wildman–Crippen MR) is 89.3 cm³/mol. The summed E-state index contributed by atoms with van der Waals surface area (Å²) in [6.45, 7) is 3.67. The molecule has 0 fully saturated rings. The SMILES string of the molecule is Cc1cc(C)n2nc(C(=O)NNC(=O)c3ccc(Br)cc3)nc2n1. The van der Waals surface area contributed by atoms with Gasteiger partial charge in [-0.3, -0.25) is 20.4 Å². The second-order valence-corrected chi connectivity index (χ2v) is 6.02. The Balaban J connectivity index is 1.72. The minimum absolute atomic E-state index is 0.0766. The number of benzene rings is 1. The van der Waals surface area contributed by atoms with Gasteiger partial charge >= 0.3 is 5.91 Å². The van der Waals surface area contributed by atoms with Crippen LogP contribution < -0.4 is 10.9 Å². The number of aryl methyl sites for hydroxylation is 2. The van der Waals surface area contributed by atoms with Crippen molar-refractivity contribution in [2.24, 2.45) is 0 Å². The molecule has 9 heteroatoms. The number of halogens is 1. The first-order valence-corrected chi connectivity index (χ1v) is 7.80. The fourth-order valence-corrected chi connectivity index (χ4v) is 2.37. The molecule has 0 saturated carbocycles. The zero-order valence-electron chi connectivity index (χ0n) is 12.9. The van der Waals surface area contributed by atoms with Gasteiger partial charge in [-0.2, -0.15) is 4.98 Å². The predicted octanol–water partition coefficient (Wildman–Crippen LogP) is 1.58. The monoisotopic (exact) mass is 388 g/mol. The van der Waals surface area contributed by atoms with Crippen LogP contribution in [0.2, 0.25) is 0 Å². The summed E-state index contributed by atoms with van der Waals surface area (Å²) in [5, 5.41) is 4.09. The molecule has 0 aliphatic heterocycles. The molecule has 0 unspecified atom stereocenters. The molecule has 3 rings (SSSR count). The van der Waals surface area contributed by atoms with Crippen LogP contribution in [0.15, 0.2) is 34.8 Å². The van der Waals surface area contributed by atoms with Gasteiger partial charge in [-0.25, -0.2) is 9.50 Å². The van der Waals surface area contributed by atoms with E-state index in [0.29, 0.717) is 11.3 Å². The number of carbonyl (C=O) groups is 2. The van der Waals surface area contributed by atoms with E-state index in [4.69, 9.17) is 0 Å². The van der Waals surface area contributed by atoms with Crippen LogP contribution in [0, 0.1) is 13.8 Å². The summed E-state index contributed by atoms with van der Waals surface area (Å²) in [4.78, 5) is 32.3. The molecule has 0 aliphatic rings. The van der Waals surface area contributed by atoms with Crippen molar-refractivity contribution in [2.45, 2.75) is 13.8 Å². The van der Waals surface area contributed by atoms with E-state index in [9.17, 15) is 9.59 Å². The van der Waals surface area contributed by atoms with Gasteiger partial charge in [-0.15, -0.1) is 5.10 Å². The molecule has 0 saturated heterocycles. The highest BCUT2D eigenvalue weighted by Crippen LogP contribution is 2.10. The average Bonchev–Trinajstić information content (AvgIpc) is 2.97. The van der Waals surface area contributed by atoms with Gasteiger partial charge in [0.2, 0.25) is 5.82 Å². The molecule has 3 aromatic rings. The number of hydrogen-bond acceptors (Lipinski definition) is 5. The molecule has 2 heterocycles.